The third kappa shape index (κ3) is 6.46. The van der Waals surface area contributed by atoms with Crippen molar-refractivity contribution in [2.75, 3.05) is 50.5 Å². The minimum absolute atomic E-state index is 0.0659. The van der Waals surface area contributed by atoms with E-state index in [1.165, 1.54) is 18.5 Å². The van der Waals surface area contributed by atoms with Crippen LogP contribution >= 0.6 is 0 Å². The van der Waals surface area contributed by atoms with Crippen molar-refractivity contribution in [3.05, 3.63) is 48.2 Å². The standard InChI is InChI=1S/C23H33N5O/c1-18-10-15-28(16-11-18)21-7-5-20(6-8-21)26-22-17-19(9-13-24-22)23(29)25-12-4-14-27(2)3/h5-9,13,17-18H,4,10-12,14-16H2,1-3H3,(H,24,26)(H,25,29). The molecule has 2 heterocycles. The molecule has 2 aromatic rings. The van der Waals surface area contributed by atoms with E-state index in [-0.39, 0.29) is 5.91 Å². The number of aromatic nitrogens is 1. The van der Waals surface area contributed by atoms with Gasteiger partial charge in [-0.1, -0.05) is 6.92 Å². The number of rotatable bonds is 8. The normalized spacial score (nSPS) is 14.8. The smallest absolute Gasteiger partial charge is 0.251 e. The summed E-state index contributed by atoms with van der Waals surface area (Å²) in [6.45, 7) is 6.20. The molecule has 0 bridgehead atoms. The van der Waals surface area contributed by atoms with E-state index in [0.717, 1.165) is 37.7 Å². The number of amides is 1. The van der Waals surface area contributed by atoms with Crippen LogP contribution in [0.15, 0.2) is 42.6 Å². The van der Waals surface area contributed by atoms with Crippen molar-refractivity contribution in [1.29, 1.82) is 0 Å². The molecule has 0 saturated carbocycles. The van der Waals surface area contributed by atoms with Crippen LogP contribution in [-0.2, 0) is 0 Å². The first-order chi connectivity index (χ1) is 14.0. The SMILES string of the molecule is CC1CCN(c2ccc(Nc3cc(C(=O)NCCCN(C)C)ccn3)cc2)CC1. The van der Waals surface area contributed by atoms with Gasteiger partial charge in [-0.25, -0.2) is 4.98 Å². The molecule has 1 amide bonds. The number of benzene rings is 1. The van der Waals surface area contributed by atoms with Crippen molar-refractivity contribution in [2.45, 2.75) is 26.2 Å². The summed E-state index contributed by atoms with van der Waals surface area (Å²) in [7, 11) is 4.06. The van der Waals surface area contributed by atoms with E-state index in [9.17, 15) is 4.79 Å². The Hall–Kier alpha value is -2.60. The summed E-state index contributed by atoms with van der Waals surface area (Å²) in [4.78, 5) is 21.3. The summed E-state index contributed by atoms with van der Waals surface area (Å²) in [6.07, 6.45) is 5.11. The lowest BCUT2D eigenvalue weighted by Gasteiger charge is -2.32. The summed E-state index contributed by atoms with van der Waals surface area (Å²) < 4.78 is 0. The number of hydrogen-bond acceptors (Lipinski definition) is 5. The van der Waals surface area contributed by atoms with Gasteiger partial charge >= 0.3 is 0 Å². The maximum absolute atomic E-state index is 12.4. The quantitative estimate of drug-likeness (QED) is 0.667. The summed E-state index contributed by atoms with van der Waals surface area (Å²) in [6, 6.07) is 12.0. The van der Waals surface area contributed by atoms with Crippen molar-refractivity contribution >= 4 is 23.1 Å². The number of nitrogens with one attached hydrogen (secondary N) is 2. The molecule has 29 heavy (non-hydrogen) atoms. The number of pyridine rings is 1. The molecule has 1 aliphatic heterocycles. The first kappa shape index (κ1) is 21.1. The molecule has 156 valence electrons. The molecule has 1 aromatic carbocycles. The second-order valence-electron chi connectivity index (χ2n) is 8.18. The highest BCUT2D eigenvalue weighted by molar-refractivity contribution is 5.94. The third-order valence-corrected chi connectivity index (χ3v) is 5.38. The van der Waals surface area contributed by atoms with Crippen molar-refractivity contribution in [1.82, 2.24) is 15.2 Å². The van der Waals surface area contributed by atoms with Crippen LogP contribution in [0.5, 0.6) is 0 Å². The molecule has 3 rings (SSSR count). The Kier molecular flexibility index (Phi) is 7.47. The number of hydrogen-bond donors (Lipinski definition) is 2. The molecule has 6 nitrogen and oxygen atoms in total. The van der Waals surface area contributed by atoms with Crippen LogP contribution in [0.4, 0.5) is 17.2 Å². The van der Waals surface area contributed by atoms with Crippen molar-refractivity contribution in [2.24, 2.45) is 5.92 Å². The van der Waals surface area contributed by atoms with Crippen LogP contribution in [0.3, 0.4) is 0 Å². The Morgan fingerprint density at radius 1 is 1.17 bits per heavy atom. The van der Waals surface area contributed by atoms with Crippen LogP contribution in [0.25, 0.3) is 0 Å². The van der Waals surface area contributed by atoms with Gasteiger partial charge in [0.2, 0.25) is 0 Å². The summed E-state index contributed by atoms with van der Waals surface area (Å²) in [5.41, 5.74) is 2.85. The first-order valence-electron chi connectivity index (χ1n) is 10.5. The van der Waals surface area contributed by atoms with E-state index in [1.807, 2.05) is 14.1 Å². The number of piperidine rings is 1. The largest absolute Gasteiger partial charge is 0.372 e. The minimum atomic E-state index is -0.0659. The van der Waals surface area contributed by atoms with Gasteiger partial charge in [0.15, 0.2) is 0 Å². The van der Waals surface area contributed by atoms with E-state index >= 15 is 0 Å². The molecule has 0 aliphatic carbocycles. The van der Waals surface area contributed by atoms with E-state index in [1.54, 1.807) is 18.3 Å². The Balaban J connectivity index is 1.55. The van der Waals surface area contributed by atoms with Gasteiger partial charge < -0.3 is 20.4 Å². The van der Waals surface area contributed by atoms with Gasteiger partial charge in [-0.3, -0.25) is 4.79 Å². The fourth-order valence-electron chi connectivity index (χ4n) is 3.51. The predicted octanol–water partition coefficient (Wildman–Crippen LogP) is 3.74. The maximum atomic E-state index is 12.4. The van der Waals surface area contributed by atoms with Crippen molar-refractivity contribution < 1.29 is 4.79 Å². The van der Waals surface area contributed by atoms with Crippen LogP contribution in [0.1, 0.15) is 36.5 Å². The molecular weight excluding hydrogens is 362 g/mol. The van der Waals surface area contributed by atoms with Crippen molar-refractivity contribution in [3.63, 3.8) is 0 Å². The molecule has 1 aliphatic rings. The number of anilines is 3. The van der Waals surface area contributed by atoms with E-state index < -0.39 is 0 Å². The van der Waals surface area contributed by atoms with Crippen molar-refractivity contribution in [3.8, 4) is 0 Å². The van der Waals surface area contributed by atoms with Gasteiger partial charge in [-0.05, 0) is 82.2 Å². The average molecular weight is 396 g/mol. The molecule has 0 radical (unpaired) electrons. The molecule has 1 aromatic heterocycles. The fraction of sp³-hybridized carbons (Fsp3) is 0.478. The summed E-state index contributed by atoms with van der Waals surface area (Å²) >= 11 is 0. The third-order valence-electron chi connectivity index (χ3n) is 5.38. The molecule has 6 heteroatoms. The first-order valence-corrected chi connectivity index (χ1v) is 10.5. The van der Waals surface area contributed by atoms with E-state index in [2.05, 4.69) is 56.6 Å². The molecule has 2 N–H and O–H groups in total. The van der Waals surface area contributed by atoms with Crippen LogP contribution in [0.2, 0.25) is 0 Å². The topological polar surface area (TPSA) is 60.5 Å². The number of carbonyl (C=O) groups is 1. The van der Waals surface area contributed by atoms with Gasteiger partial charge in [-0.2, -0.15) is 0 Å². The lowest BCUT2D eigenvalue weighted by Crippen LogP contribution is -2.32. The Bertz CT molecular complexity index is 782. The minimum Gasteiger partial charge on any atom is -0.372 e. The van der Waals surface area contributed by atoms with E-state index in [4.69, 9.17) is 0 Å². The average Bonchev–Trinajstić information content (AvgIpc) is 2.72. The summed E-state index contributed by atoms with van der Waals surface area (Å²) in [5, 5.41) is 6.27. The number of carbonyl (C=O) groups excluding carboxylic acids is 1. The zero-order chi connectivity index (χ0) is 20.6. The number of nitrogens with zero attached hydrogens (tertiary/aromatic N) is 3. The van der Waals surface area contributed by atoms with E-state index in [0.29, 0.717) is 17.9 Å². The maximum Gasteiger partial charge on any atom is 0.251 e. The Labute approximate surface area is 174 Å². The van der Waals surface area contributed by atoms with Crippen LogP contribution < -0.4 is 15.5 Å². The monoisotopic (exact) mass is 395 g/mol. The highest BCUT2D eigenvalue weighted by atomic mass is 16.1. The molecule has 1 saturated heterocycles. The molecule has 1 fully saturated rings. The Morgan fingerprint density at radius 2 is 1.90 bits per heavy atom. The van der Waals surface area contributed by atoms with Crippen LogP contribution in [-0.4, -0.2) is 56.1 Å². The van der Waals surface area contributed by atoms with Gasteiger partial charge in [-0.15, -0.1) is 0 Å². The molecule has 0 unspecified atom stereocenters. The van der Waals surface area contributed by atoms with Gasteiger partial charge in [0.1, 0.15) is 5.82 Å². The van der Waals surface area contributed by atoms with Gasteiger partial charge in [0, 0.05) is 42.8 Å². The predicted molar refractivity (Wildman–Crippen MR) is 120 cm³/mol. The second-order valence-corrected chi connectivity index (χ2v) is 8.18. The lowest BCUT2D eigenvalue weighted by molar-refractivity contribution is 0.0952. The van der Waals surface area contributed by atoms with Crippen LogP contribution in [0, 0.1) is 5.92 Å². The molecule has 0 atom stereocenters. The molecule has 0 spiro atoms. The van der Waals surface area contributed by atoms with Gasteiger partial charge in [0.05, 0.1) is 0 Å². The molecular formula is C23H33N5O. The fourth-order valence-corrected chi connectivity index (χ4v) is 3.51. The second kappa shape index (κ2) is 10.3. The van der Waals surface area contributed by atoms with Gasteiger partial charge in [0.25, 0.3) is 5.91 Å². The zero-order valence-corrected chi connectivity index (χ0v) is 17.8. The zero-order valence-electron chi connectivity index (χ0n) is 17.8. The summed E-state index contributed by atoms with van der Waals surface area (Å²) in [5.74, 6) is 1.44. The highest BCUT2D eigenvalue weighted by Gasteiger charge is 2.15. The highest BCUT2D eigenvalue weighted by Crippen LogP contribution is 2.25. The lowest BCUT2D eigenvalue weighted by atomic mass is 9.99. The Morgan fingerprint density at radius 3 is 2.59 bits per heavy atom.